The van der Waals surface area contributed by atoms with Gasteiger partial charge in [0, 0.05) is 18.0 Å². The smallest absolute Gasteiger partial charge is 0.212 e. The van der Waals surface area contributed by atoms with Crippen molar-refractivity contribution in [3.8, 4) is 11.1 Å². The molecule has 0 amide bonds. The van der Waals surface area contributed by atoms with E-state index < -0.39 is 10.0 Å². The molecule has 4 nitrogen and oxygen atoms in total. The van der Waals surface area contributed by atoms with E-state index in [1.54, 1.807) is 11.3 Å². The summed E-state index contributed by atoms with van der Waals surface area (Å²) in [6.45, 7) is 1.14. The van der Waals surface area contributed by atoms with Crippen LogP contribution in [-0.4, -0.2) is 27.8 Å². The summed E-state index contributed by atoms with van der Waals surface area (Å²) >= 11 is 1.68. The van der Waals surface area contributed by atoms with E-state index in [1.807, 2.05) is 18.2 Å². The maximum absolute atomic E-state index is 11.3. The van der Waals surface area contributed by atoms with E-state index in [0.29, 0.717) is 13.1 Å². The van der Waals surface area contributed by atoms with Gasteiger partial charge in [0.05, 0.1) is 5.75 Å². The van der Waals surface area contributed by atoms with Gasteiger partial charge < -0.3 is 5.32 Å². The second kappa shape index (κ2) is 6.99. The summed E-state index contributed by atoms with van der Waals surface area (Å²) in [5.41, 5.74) is 2.41. The highest BCUT2D eigenvalue weighted by Crippen LogP contribution is 2.25. The van der Waals surface area contributed by atoms with Gasteiger partial charge in [-0.05, 0) is 29.6 Å². The molecule has 108 valence electrons. The third kappa shape index (κ3) is 4.42. The SMILES string of the molecule is CNS(=O)(=O)CCNCc1cc(-c2ccccc2)cs1. The Bertz CT molecular complexity index is 636. The molecule has 1 aromatic heterocycles. The van der Waals surface area contributed by atoms with Crippen molar-refractivity contribution < 1.29 is 8.42 Å². The molecule has 2 N–H and O–H groups in total. The molecule has 0 saturated carbocycles. The minimum absolute atomic E-state index is 0.0976. The lowest BCUT2D eigenvalue weighted by Crippen LogP contribution is -2.29. The first kappa shape index (κ1) is 15.2. The van der Waals surface area contributed by atoms with Crippen LogP contribution < -0.4 is 10.0 Å². The van der Waals surface area contributed by atoms with Gasteiger partial charge in [-0.15, -0.1) is 11.3 Å². The molecule has 0 radical (unpaired) electrons. The maximum atomic E-state index is 11.3. The Morgan fingerprint density at radius 3 is 2.60 bits per heavy atom. The Morgan fingerprint density at radius 1 is 1.15 bits per heavy atom. The lowest BCUT2D eigenvalue weighted by atomic mass is 10.1. The molecule has 0 aliphatic heterocycles. The van der Waals surface area contributed by atoms with Gasteiger partial charge in [0.1, 0.15) is 0 Å². The van der Waals surface area contributed by atoms with Gasteiger partial charge in [-0.3, -0.25) is 0 Å². The van der Waals surface area contributed by atoms with Crippen molar-refractivity contribution in [3.63, 3.8) is 0 Å². The standard InChI is InChI=1S/C14H18N2O2S2/c1-15-20(17,18)8-7-16-10-14-9-13(11-19-14)12-5-3-2-4-6-12/h2-6,9,11,15-16H,7-8,10H2,1H3. The fourth-order valence-corrected chi connectivity index (χ4v) is 3.26. The minimum Gasteiger partial charge on any atom is -0.311 e. The molecule has 1 heterocycles. The lowest BCUT2D eigenvalue weighted by Gasteiger charge is -2.03. The third-order valence-electron chi connectivity index (χ3n) is 2.92. The molecule has 0 unspecified atom stereocenters. The molecule has 0 aliphatic carbocycles. The molecule has 2 rings (SSSR count). The Hall–Kier alpha value is -1.21. The van der Waals surface area contributed by atoms with Crippen LogP contribution in [0.1, 0.15) is 4.88 Å². The number of hydrogen-bond acceptors (Lipinski definition) is 4. The topological polar surface area (TPSA) is 58.2 Å². The van der Waals surface area contributed by atoms with E-state index >= 15 is 0 Å². The van der Waals surface area contributed by atoms with Crippen LogP contribution in [0.2, 0.25) is 0 Å². The zero-order chi connectivity index (χ0) is 14.4. The third-order valence-corrected chi connectivity index (χ3v) is 5.22. The van der Waals surface area contributed by atoms with Crippen LogP contribution >= 0.6 is 11.3 Å². The highest BCUT2D eigenvalue weighted by molar-refractivity contribution is 7.89. The van der Waals surface area contributed by atoms with Crippen LogP contribution in [-0.2, 0) is 16.6 Å². The molecule has 20 heavy (non-hydrogen) atoms. The molecule has 1 aromatic carbocycles. The molecule has 0 bridgehead atoms. The predicted molar refractivity (Wildman–Crippen MR) is 84.3 cm³/mol. The fraction of sp³-hybridized carbons (Fsp3) is 0.286. The first-order valence-electron chi connectivity index (χ1n) is 6.35. The molecule has 0 saturated heterocycles. The minimum atomic E-state index is -3.12. The van der Waals surface area contributed by atoms with Gasteiger partial charge in [-0.25, -0.2) is 13.1 Å². The molecular weight excluding hydrogens is 292 g/mol. The normalized spacial score (nSPS) is 11.7. The van der Waals surface area contributed by atoms with Crippen molar-refractivity contribution in [1.82, 2.24) is 10.0 Å². The van der Waals surface area contributed by atoms with Crippen LogP contribution in [0.3, 0.4) is 0 Å². The number of rotatable bonds is 7. The summed E-state index contributed by atoms with van der Waals surface area (Å²) < 4.78 is 24.8. The number of sulfonamides is 1. The van der Waals surface area contributed by atoms with Crippen molar-refractivity contribution >= 4 is 21.4 Å². The molecule has 6 heteroatoms. The van der Waals surface area contributed by atoms with Crippen molar-refractivity contribution in [3.05, 3.63) is 46.7 Å². The van der Waals surface area contributed by atoms with Crippen molar-refractivity contribution in [2.45, 2.75) is 6.54 Å². The summed E-state index contributed by atoms with van der Waals surface area (Å²) in [6, 6.07) is 12.3. The van der Waals surface area contributed by atoms with Gasteiger partial charge in [0.25, 0.3) is 0 Å². The van der Waals surface area contributed by atoms with E-state index in [4.69, 9.17) is 0 Å². The monoisotopic (exact) mass is 310 g/mol. The van der Waals surface area contributed by atoms with Crippen LogP contribution in [0, 0.1) is 0 Å². The predicted octanol–water partition coefficient (Wildman–Crippen LogP) is 2.05. The zero-order valence-corrected chi connectivity index (χ0v) is 12.9. The second-order valence-corrected chi connectivity index (χ2v) is 7.41. The number of benzene rings is 1. The summed E-state index contributed by atoms with van der Waals surface area (Å²) in [6.07, 6.45) is 0. The summed E-state index contributed by atoms with van der Waals surface area (Å²) in [4.78, 5) is 1.20. The molecular formula is C14H18N2O2S2. The Morgan fingerprint density at radius 2 is 1.90 bits per heavy atom. The summed E-state index contributed by atoms with van der Waals surface area (Å²) in [7, 11) is -1.69. The average Bonchev–Trinajstić information content (AvgIpc) is 2.93. The summed E-state index contributed by atoms with van der Waals surface area (Å²) in [5.74, 6) is 0.0976. The van der Waals surface area contributed by atoms with Crippen LogP contribution in [0.25, 0.3) is 11.1 Å². The Labute approximate surface area is 123 Å². The fourth-order valence-electron chi connectivity index (χ4n) is 1.78. The first-order valence-corrected chi connectivity index (χ1v) is 8.89. The van der Waals surface area contributed by atoms with Gasteiger partial charge in [-0.1, -0.05) is 30.3 Å². The Kier molecular flexibility index (Phi) is 5.31. The van der Waals surface area contributed by atoms with Crippen LogP contribution in [0.5, 0.6) is 0 Å². The van der Waals surface area contributed by atoms with E-state index in [0.717, 1.165) is 0 Å². The molecule has 0 spiro atoms. The average molecular weight is 310 g/mol. The highest BCUT2D eigenvalue weighted by Gasteiger charge is 2.06. The molecule has 0 aliphatic rings. The molecule has 0 atom stereocenters. The van der Waals surface area contributed by atoms with Crippen molar-refractivity contribution in [2.24, 2.45) is 0 Å². The Balaban J connectivity index is 1.85. The van der Waals surface area contributed by atoms with Crippen LogP contribution in [0.4, 0.5) is 0 Å². The van der Waals surface area contributed by atoms with Gasteiger partial charge >= 0.3 is 0 Å². The van der Waals surface area contributed by atoms with Gasteiger partial charge in [-0.2, -0.15) is 0 Å². The lowest BCUT2D eigenvalue weighted by molar-refractivity contribution is 0.583. The number of nitrogens with one attached hydrogen (secondary N) is 2. The van der Waals surface area contributed by atoms with E-state index in [2.05, 4.69) is 33.6 Å². The highest BCUT2D eigenvalue weighted by atomic mass is 32.2. The molecule has 0 fully saturated rings. The van der Waals surface area contributed by atoms with Gasteiger partial charge in [0.2, 0.25) is 10.0 Å². The number of hydrogen-bond donors (Lipinski definition) is 2. The zero-order valence-electron chi connectivity index (χ0n) is 11.3. The van der Waals surface area contributed by atoms with E-state index in [9.17, 15) is 8.42 Å². The molecule has 2 aromatic rings. The van der Waals surface area contributed by atoms with Gasteiger partial charge in [0.15, 0.2) is 0 Å². The van der Waals surface area contributed by atoms with E-state index in [1.165, 1.54) is 23.1 Å². The van der Waals surface area contributed by atoms with Crippen LogP contribution in [0.15, 0.2) is 41.8 Å². The first-order chi connectivity index (χ1) is 9.61. The number of thiophene rings is 1. The van der Waals surface area contributed by atoms with Crippen molar-refractivity contribution in [2.75, 3.05) is 19.3 Å². The second-order valence-electron chi connectivity index (χ2n) is 4.37. The quantitative estimate of drug-likeness (QED) is 0.770. The van der Waals surface area contributed by atoms with E-state index in [-0.39, 0.29) is 5.75 Å². The largest absolute Gasteiger partial charge is 0.311 e. The maximum Gasteiger partial charge on any atom is 0.212 e. The summed E-state index contributed by atoms with van der Waals surface area (Å²) in [5, 5.41) is 5.27. The van der Waals surface area contributed by atoms with Crippen molar-refractivity contribution in [1.29, 1.82) is 0 Å².